The Bertz CT molecular complexity index is 1500. The second-order valence-electron chi connectivity index (χ2n) is 9.44. The third-order valence-corrected chi connectivity index (χ3v) is 8.47. The number of aliphatic hydroxyl groups excluding tert-OH is 1. The number of nitrogens with one attached hydrogen (secondary N) is 2. The lowest BCUT2D eigenvalue weighted by molar-refractivity contribution is -0.191. The van der Waals surface area contributed by atoms with Crippen molar-refractivity contribution in [1.29, 1.82) is 0 Å². The minimum atomic E-state index is -3.87. The number of fused-ring (bicyclic) bond motifs is 1. The number of para-hydroxylation sites is 1. The highest BCUT2D eigenvalue weighted by Gasteiger charge is 2.62. The molecule has 0 radical (unpaired) electrons. The molecule has 0 amide bonds. The molecule has 4 rings (SSSR count). The Morgan fingerprint density at radius 1 is 1.34 bits per heavy atom. The van der Waals surface area contributed by atoms with Gasteiger partial charge < -0.3 is 29.4 Å². The van der Waals surface area contributed by atoms with Crippen molar-refractivity contribution >= 4 is 41.5 Å². The summed E-state index contributed by atoms with van der Waals surface area (Å²) in [6, 6.07) is 6.87. The van der Waals surface area contributed by atoms with Gasteiger partial charge in [-0.15, -0.1) is 0 Å². The third kappa shape index (κ3) is 6.39. The molecule has 1 aromatic carbocycles. The fourth-order valence-electron chi connectivity index (χ4n) is 4.01. The number of nitrogens with zero attached hydrogens (tertiary/aromatic N) is 3. The summed E-state index contributed by atoms with van der Waals surface area (Å²) < 4.78 is 67.6. The van der Waals surface area contributed by atoms with E-state index in [1.54, 1.807) is 32.0 Å². The van der Waals surface area contributed by atoms with E-state index in [-0.39, 0.29) is 22.9 Å². The Morgan fingerprint density at radius 2 is 2.02 bits per heavy atom. The van der Waals surface area contributed by atoms with Crippen LogP contribution in [0.4, 0.5) is 19.1 Å². The van der Waals surface area contributed by atoms with Gasteiger partial charge in [0.2, 0.25) is 5.95 Å². The number of aliphatic hydroxyl groups is 1. The number of aromatic amines is 1. The number of nitrogen functional groups attached to an aromatic ring is 1. The van der Waals surface area contributed by atoms with E-state index in [0.29, 0.717) is 0 Å². The maximum atomic E-state index is 15.5. The maximum absolute atomic E-state index is 15.5. The van der Waals surface area contributed by atoms with Crippen LogP contribution in [0.3, 0.4) is 0 Å². The second-order valence-corrected chi connectivity index (χ2v) is 12.6. The molecule has 0 bridgehead atoms. The minimum absolute atomic E-state index is 0.187. The third-order valence-electron chi connectivity index (χ3n) is 6.00. The lowest BCUT2D eigenvalue weighted by atomic mass is 9.97. The molecule has 0 saturated carbocycles. The molecule has 0 spiro atoms. The van der Waals surface area contributed by atoms with Crippen LogP contribution in [0.15, 0.2) is 41.5 Å². The molecule has 1 unspecified atom stereocenters. The van der Waals surface area contributed by atoms with Crippen LogP contribution in [0.1, 0.15) is 27.0 Å². The molecule has 3 aromatic rings. The van der Waals surface area contributed by atoms with Crippen molar-refractivity contribution < 1.29 is 41.6 Å². The van der Waals surface area contributed by atoms with Gasteiger partial charge in [-0.25, -0.2) is 23.2 Å². The first-order chi connectivity index (χ1) is 19.3. The van der Waals surface area contributed by atoms with Gasteiger partial charge in [0.05, 0.1) is 19.0 Å². The zero-order chi connectivity index (χ0) is 30.1. The second kappa shape index (κ2) is 12.0. The standard InChI is InChI=1S/C23H28F3N6O7PS/c1-11(2)37-20(35)12(3)31-40(41,39-13-7-5-4-6-8-13)36-9-23(21(25)26)16(33)14(24)19(38-23)32-10-28-15-17(32)29-22(27)30-18(15)34/h4-8,10-12,14,16,19,21,33H,9H2,1-3H3,(H,31,41)(H3,27,29,30,34)/t12-,14-,16-,19+,23+,40?/m0/s1. The van der Waals surface area contributed by atoms with Gasteiger partial charge in [0.25, 0.3) is 12.0 Å². The van der Waals surface area contributed by atoms with Gasteiger partial charge in [0.15, 0.2) is 29.2 Å². The highest BCUT2D eigenvalue weighted by atomic mass is 32.5. The van der Waals surface area contributed by atoms with Crippen molar-refractivity contribution in [3.05, 3.63) is 47.0 Å². The molecule has 0 aliphatic carbocycles. The Labute approximate surface area is 236 Å². The molecule has 13 nitrogen and oxygen atoms in total. The highest BCUT2D eigenvalue weighted by Crippen LogP contribution is 2.50. The van der Waals surface area contributed by atoms with Crippen molar-refractivity contribution in [2.45, 2.75) is 63.4 Å². The number of alkyl halides is 3. The van der Waals surface area contributed by atoms with E-state index in [2.05, 4.69) is 20.0 Å². The van der Waals surface area contributed by atoms with E-state index in [9.17, 15) is 23.5 Å². The number of anilines is 1. The van der Waals surface area contributed by atoms with E-state index in [0.717, 1.165) is 10.9 Å². The van der Waals surface area contributed by atoms with Crippen molar-refractivity contribution in [2.75, 3.05) is 12.3 Å². The van der Waals surface area contributed by atoms with Crippen LogP contribution in [-0.2, 0) is 30.6 Å². The average molecular weight is 621 g/mol. The molecule has 2 aromatic heterocycles. The minimum Gasteiger partial charge on any atom is -0.462 e. The number of aromatic nitrogens is 4. The molecular formula is C23H28F3N6O7PS. The molecule has 1 aliphatic heterocycles. The van der Waals surface area contributed by atoms with Crippen LogP contribution in [0, 0.1) is 0 Å². The van der Waals surface area contributed by atoms with Gasteiger partial charge in [-0.1, -0.05) is 18.2 Å². The Balaban J connectivity index is 1.64. The summed E-state index contributed by atoms with van der Waals surface area (Å²) in [5.41, 5.74) is 1.35. The van der Waals surface area contributed by atoms with Crippen molar-refractivity contribution in [3.63, 3.8) is 0 Å². The summed E-state index contributed by atoms with van der Waals surface area (Å²) in [6.45, 7) is -0.345. The molecule has 3 heterocycles. The van der Waals surface area contributed by atoms with Crippen LogP contribution in [0.5, 0.6) is 5.75 Å². The Morgan fingerprint density at radius 3 is 2.66 bits per heavy atom. The number of H-pyrrole nitrogens is 1. The van der Waals surface area contributed by atoms with Crippen LogP contribution in [0.25, 0.3) is 11.2 Å². The highest BCUT2D eigenvalue weighted by molar-refractivity contribution is 8.09. The molecule has 1 saturated heterocycles. The zero-order valence-corrected chi connectivity index (χ0v) is 23.7. The molecule has 224 valence electrons. The number of benzene rings is 1. The largest absolute Gasteiger partial charge is 0.462 e. The SMILES string of the molecule is CC(C)OC(=O)[C@H](C)NP(=S)(OC[C@@]1(C(F)F)O[C@@H](n2cnc3c(=O)[nH]c(N)nc32)[C@@H](F)[C@@H]1O)Oc1ccccc1. The lowest BCUT2D eigenvalue weighted by Crippen LogP contribution is -2.52. The number of carbonyl (C=O) groups is 1. The molecule has 1 aliphatic rings. The van der Waals surface area contributed by atoms with Gasteiger partial charge in [0.1, 0.15) is 17.9 Å². The first-order valence-electron chi connectivity index (χ1n) is 12.2. The molecule has 5 N–H and O–H groups in total. The summed E-state index contributed by atoms with van der Waals surface area (Å²) in [7, 11) is 0. The van der Waals surface area contributed by atoms with Gasteiger partial charge >= 0.3 is 12.6 Å². The molecular weight excluding hydrogens is 592 g/mol. The predicted molar refractivity (Wildman–Crippen MR) is 143 cm³/mol. The summed E-state index contributed by atoms with van der Waals surface area (Å²) in [5, 5.41) is 13.4. The fraction of sp³-hybridized carbons (Fsp3) is 0.478. The monoisotopic (exact) mass is 620 g/mol. The lowest BCUT2D eigenvalue weighted by Gasteiger charge is -2.34. The van der Waals surface area contributed by atoms with Crippen LogP contribution in [0.2, 0.25) is 0 Å². The molecule has 1 fully saturated rings. The predicted octanol–water partition coefficient (Wildman–Crippen LogP) is 2.18. The summed E-state index contributed by atoms with van der Waals surface area (Å²) in [4.78, 5) is 34.5. The first kappa shape index (κ1) is 30.9. The number of rotatable bonds is 11. The molecule has 18 heteroatoms. The number of esters is 1. The van der Waals surface area contributed by atoms with E-state index in [4.69, 9.17) is 36.1 Å². The number of hydrogen-bond acceptors (Lipinski definition) is 11. The molecule has 41 heavy (non-hydrogen) atoms. The van der Waals surface area contributed by atoms with E-state index in [1.807, 2.05) is 0 Å². The summed E-state index contributed by atoms with van der Waals surface area (Å²) >= 11 is 5.53. The van der Waals surface area contributed by atoms with E-state index < -0.39 is 67.5 Å². The van der Waals surface area contributed by atoms with E-state index in [1.165, 1.54) is 19.1 Å². The number of halogens is 3. The number of imidazole rings is 1. The van der Waals surface area contributed by atoms with E-state index >= 15 is 4.39 Å². The van der Waals surface area contributed by atoms with Gasteiger partial charge in [-0.05, 0) is 44.7 Å². The average Bonchev–Trinajstić information content (AvgIpc) is 3.42. The molecule has 6 atom stereocenters. The smallest absolute Gasteiger partial charge is 0.323 e. The summed E-state index contributed by atoms with van der Waals surface area (Å²) in [5.74, 6) is -0.865. The zero-order valence-electron chi connectivity index (χ0n) is 21.9. The first-order valence-corrected chi connectivity index (χ1v) is 14.9. The van der Waals surface area contributed by atoms with Gasteiger partial charge in [-0.2, -0.15) is 4.98 Å². The number of carbonyl (C=O) groups excluding carboxylic acids is 1. The van der Waals surface area contributed by atoms with Crippen LogP contribution < -0.4 is 20.9 Å². The van der Waals surface area contributed by atoms with Gasteiger partial charge in [0, 0.05) is 0 Å². The topological polar surface area (TPSA) is 176 Å². The van der Waals surface area contributed by atoms with Gasteiger partial charge in [-0.3, -0.25) is 19.1 Å². The quantitative estimate of drug-likeness (QED) is 0.182. The Hall–Kier alpha value is -3.08. The summed E-state index contributed by atoms with van der Waals surface area (Å²) in [6.07, 6.45) is -9.79. The fourth-order valence-corrected chi connectivity index (χ4v) is 6.43. The number of nitrogens with two attached hydrogens (primary N) is 1. The Kier molecular flexibility index (Phi) is 9.06. The number of ether oxygens (including phenoxy) is 2. The van der Waals surface area contributed by atoms with Crippen molar-refractivity contribution in [3.8, 4) is 5.75 Å². The van der Waals surface area contributed by atoms with Crippen molar-refractivity contribution in [1.82, 2.24) is 24.6 Å². The number of hydrogen-bond donors (Lipinski definition) is 4. The van der Waals surface area contributed by atoms with Crippen molar-refractivity contribution in [2.24, 2.45) is 0 Å². The van der Waals surface area contributed by atoms with Crippen LogP contribution >= 0.6 is 6.64 Å². The normalized spacial score (nSPS) is 25.0. The van der Waals surface area contributed by atoms with Crippen LogP contribution in [-0.4, -0.2) is 73.6 Å². The maximum Gasteiger partial charge on any atom is 0.323 e.